The van der Waals surface area contributed by atoms with Crippen molar-refractivity contribution in [3.63, 3.8) is 0 Å². The van der Waals surface area contributed by atoms with Crippen molar-refractivity contribution in [3.8, 4) is 0 Å². The lowest BCUT2D eigenvalue weighted by Crippen LogP contribution is -2.32. The standard InChI is InChI=1S/C10H17N3O/c11-13-12-8-9-4-7-10(14-9)5-2-1-3-6-10/h9H,1-8H2/t9-/m1/s1. The minimum Gasteiger partial charge on any atom is -0.372 e. The molecule has 78 valence electrons. The summed E-state index contributed by atoms with van der Waals surface area (Å²) in [7, 11) is 0. The molecule has 1 heterocycles. The summed E-state index contributed by atoms with van der Waals surface area (Å²) in [6.45, 7) is 0.512. The van der Waals surface area contributed by atoms with Crippen molar-refractivity contribution in [3.05, 3.63) is 10.4 Å². The van der Waals surface area contributed by atoms with Gasteiger partial charge in [0.15, 0.2) is 0 Å². The Hall–Kier alpha value is -0.730. The summed E-state index contributed by atoms with van der Waals surface area (Å²) in [6.07, 6.45) is 8.79. The summed E-state index contributed by atoms with van der Waals surface area (Å²) in [5, 5.41) is 3.59. The lowest BCUT2D eigenvalue weighted by Gasteiger charge is -2.33. The molecule has 1 saturated carbocycles. The summed E-state index contributed by atoms with van der Waals surface area (Å²) in [5.41, 5.74) is 8.39. The molecule has 1 spiro atoms. The zero-order chi connectivity index (χ0) is 9.86. The van der Waals surface area contributed by atoms with Gasteiger partial charge in [0.2, 0.25) is 0 Å². The molecule has 1 aliphatic heterocycles. The van der Waals surface area contributed by atoms with Gasteiger partial charge in [-0.1, -0.05) is 24.4 Å². The molecule has 1 aliphatic carbocycles. The van der Waals surface area contributed by atoms with Crippen LogP contribution in [0.25, 0.3) is 10.4 Å². The normalized spacial score (nSPS) is 30.1. The molecule has 4 heteroatoms. The van der Waals surface area contributed by atoms with Gasteiger partial charge in [-0.05, 0) is 31.2 Å². The van der Waals surface area contributed by atoms with Crippen molar-refractivity contribution in [1.82, 2.24) is 0 Å². The number of nitrogens with zero attached hydrogens (tertiary/aromatic N) is 3. The Morgan fingerprint density at radius 3 is 2.79 bits per heavy atom. The Morgan fingerprint density at radius 1 is 1.29 bits per heavy atom. The molecule has 4 nitrogen and oxygen atoms in total. The molecular weight excluding hydrogens is 178 g/mol. The molecule has 2 rings (SSSR count). The maximum Gasteiger partial charge on any atom is 0.0687 e. The first-order valence-corrected chi connectivity index (χ1v) is 5.53. The maximum atomic E-state index is 8.23. The summed E-state index contributed by atoms with van der Waals surface area (Å²) in [5.74, 6) is 0. The monoisotopic (exact) mass is 195 g/mol. The molecule has 14 heavy (non-hydrogen) atoms. The van der Waals surface area contributed by atoms with Gasteiger partial charge in [0.1, 0.15) is 0 Å². The van der Waals surface area contributed by atoms with E-state index < -0.39 is 0 Å². The lowest BCUT2D eigenvalue weighted by molar-refractivity contribution is -0.0599. The molecular formula is C10H17N3O. The van der Waals surface area contributed by atoms with Gasteiger partial charge in [-0.15, -0.1) is 0 Å². The molecule has 1 saturated heterocycles. The van der Waals surface area contributed by atoms with E-state index in [1.54, 1.807) is 0 Å². The zero-order valence-electron chi connectivity index (χ0n) is 8.48. The molecule has 2 fully saturated rings. The topological polar surface area (TPSA) is 58.0 Å². The van der Waals surface area contributed by atoms with Gasteiger partial charge in [-0.3, -0.25) is 0 Å². The minimum atomic E-state index is 0.161. The second-order valence-corrected chi connectivity index (χ2v) is 4.44. The number of hydrogen-bond acceptors (Lipinski definition) is 2. The van der Waals surface area contributed by atoms with Crippen LogP contribution in [0.4, 0.5) is 0 Å². The molecule has 0 radical (unpaired) electrons. The van der Waals surface area contributed by atoms with Crippen LogP contribution < -0.4 is 0 Å². The number of rotatable bonds is 2. The van der Waals surface area contributed by atoms with Gasteiger partial charge in [-0.25, -0.2) is 0 Å². The largest absolute Gasteiger partial charge is 0.372 e. The third kappa shape index (κ3) is 2.02. The van der Waals surface area contributed by atoms with Crippen molar-refractivity contribution in [1.29, 1.82) is 0 Å². The second-order valence-electron chi connectivity index (χ2n) is 4.44. The third-order valence-electron chi connectivity index (χ3n) is 3.45. The summed E-state index contributed by atoms with van der Waals surface area (Å²) in [4.78, 5) is 2.78. The van der Waals surface area contributed by atoms with Crippen molar-refractivity contribution in [2.24, 2.45) is 5.11 Å². The smallest absolute Gasteiger partial charge is 0.0687 e. The molecule has 0 unspecified atom stereocenters. The molecule has 0 amide bonds. The zero-order valence-corrected chi connectivity index (χ0v) is 8.48. The van der Waals surface area contributed by atoms with Gasteiger partial charge < -0.3 is 4.74 Å². The van der Waals surface area contributed by atoms with Crippen LogP contribution in [0.2, 0.25) is 0 Å². The Morgan fingerprint density at radius 2 is 2.07 bits per heavy atom. The highest BCUT2D eigenvalue weighted by atomic mass is 16.5. The van der Waals surface area contributed by atoms with Crippen molar-refractivity contribution in [2.45, 2.75) is 56.7 Å². The van der Waals surface area contributed by atoms with E-state index in [0.29, 0.717) is 6.54 Å². The molecule has 0 N–H and O–H groups in total. The van der Waals surface area contributed by atoms with E-state index in [9.17, 15) is 0 Å². The van der Waals surface area contributed by atoms with Crippen LogP contribution in [-0.4, -0.2) is 18.2 Å². The molecule has 0 aromatic heterocycles. The highest BCUT2D eigenvalue weighted by Gasteiger charge is 2.40. The van der Waals surface area contributed by atoms with Gasteiger partial charge >= 0.3 is 0 Å². The van der Waals surface area contributed by atoms with Gasteiger partial charge in [-0.2, -0.15) is 0 Å². The average Bonchev–Trinajstić information content (AvgIpc) is 2.60. The fourth-order valence-electron chi connectivity index (χ4n) is 2.72. The Bertz CT molecular complexity index is 242. The van der Waals surface area contributed by atoms with Crippen LogP contribution >= 0.6 is 0 Å². The van der Waals surface area contributed by atoms with Crippen LogP contribution in [0, 0.1) is 0 Å². The molecule has 2 aliphatic rings. The van der Waals surface area contributed by atoms with Crippen LogP contribution in [0.1, 0.15) is 44.9 Å². The first kappa shape index (κ1) is 9.81. The van der Waals surface area contributed by atoms with Crippen LogP contribution in [0.15, 0.2) is 5.11 Å². The van der Waals surface area contributed by atoms with E-state index >= 15 is 0 Å². The number of azide groups is 1. The Labute approximate surface area is 84.3 Å². The van der Waals surface area contributed by atoms with Gasteiger partial charge in [0.25, 0.3) is 0 Å². The molecule has 0 aromatic rings. The maximum absolute atomic E-state index is 8.23. The third-order valence-corrected chi connectivity index (χ3v) is 3.45. The molecule has 0 bridgehead atoms. The van der Waals surface area contributed by atoms with E-state index in [1.165, 1.54) is 38.5 Å². The number of ether oxygens (including phenoxy) is 1. The summed E-state index contributed by atoms with van der Waals surface area (Å²) >= 11 is 0. The highest BCUT2D eigenvalue weighted by Crippen LogP contribution is 2.41. The minimum absolute atomic E-state index is 0.161. The average molecular weight is 195 g/mol. The predicted octanol–water partition coefficient (Wildman–Crippen LogP) is 3.18. The van der Waals surface area contributed by atoms with Crippen LogP contribution in [-0.2, 0) is 4.74 Å². The molecule has 1 atom stereocenters. The SMILES string of the molecule is [N-]=[N+]=NC[C@H]1CCC2(CCCCC2)O1. The fourth-order valence-corrected chi connectivity index (χ4v) is 2.72. The lowest BCUT2D eigenvalue weighted by atomic mass is 9.83. The Balaban J connectivity index is 1.88. The highest BCUT2D eigenvalue weighted by molar-refractivity contribution is 4.91. The van der Waals surface area contributed by atoms with Crippen molar-refractivity contribution >= 4 is 0 Å². The van der Waals surface area contributed by atoms with Gasteiger partial charge in [0.05, 0.1) is 18.2 Å². The number of hydrogen-bond donors (Lipinski definition) is 0. The van der Waals surface area contributed by atoms with E-state index in [-0.39, 0.29) is 11.7 Å². The summed E-state index contributed by atoms with van der Waals surface area (Å²) in [6, 6.07) is 0. The summed E-state index contributed by atoms with van der Waals surface area (Å²) < 4.78 is 6.03. The first-order chi connectivity index (χ1) is 6.85. The van der Waals surface area contributed by atoms with Gasteiger partial charge in [0, 0.05) is 4.91 Å². The van der Waals surface area contributed by atoms with Crippen molar-refractivity contribution < 1.29 is 4.74 Å². The van der Waals surface area contributed by atoms with Crippen LogP contribution in [0.3, 0.4) is 0 Å². The van der Waals surface area contributed by atoms with E-state index in [0.717, 1.165) is 6.42 Å². The Kier molecular flexibility index (Phi) is 2.94. The van der Waals surface area contributed by atoms with E-state index in [4.69, 9.17) is 10.3 Å². The fraction of sp³-hybridized carbons (Fsp3) is 1.00. The predicted molar refractivity (Wildman–Crippen MR) is 53.9 cm³/mol. The van der Waals surface area contributed by atoms with E-state index in [2.05, 4.69) is 10.0 Å². The first-order valence-electron chi connectivity index (χ1n) is 5.53. The molecule has 0 aromatic carbocycles. The quantitative estimate of drug-likeness (QED) is 0.379. The second kappa shape index (κ2) is 4.20. The van der Waals surface area contributed by atoms with Crippen molar-refractivity contribution in [2.75, 3.05) is 6.54 Å². The van der Waals surface area contributed by atoms with Crippen LogP contribution in [0.5, 0.6) is 0 Å². The van der Waals surface area contributed by atoms with E-state index in [1.807, 2.05) is 0 Å².